The molecule has 0 saturated carbocycles. The van der Waals surface area contributed by atoms with Gasteiger partial charge in [-0.25, -0.2) is 14.5 Å². The molecular formula is C20H22N4O3. The quantitative estimate of drug-likeness (QED) is 0.644. The zero-order valence-corrected chi connectivity index (χ0v) is 15.6. The topological polar surface area (TPSA) is 90.1 Å². The van der Waals surface area contributed by atoms with Crippen molar-refractivity contribution in [3.63, 3.8) is 0 Å². The summed E-state index contributed by atoms with van der Waals surface area (Å²) in [7, 11) is 0. The maximum Gasteiger partial charge on any atom is 0.328 e. The normalized spacial score (nSPS) is 11.5. The van der Waals surface area contributed by atoms with Crippen LogP contribution in [-0.2, 0) is 22.7 Å². The van der Waals surface area contributed by atoms with E-state index in [2.05, 4.69) is 10.1 Å². The first-order chi connectivity index (χ1) is 13.0. The molecule has 0 saturated heterocycles. The number of rotatable bonds is 7. The number of nitrogens with zero attached hydrogens (tertiary/aromatic N) is 4. The number of fused-ring (bicyclic) bond motifs is 1. The minimum Gasteiger partial charge on any atom is -0.478 e. The third-order valence-corrected chi connectivity index (χ3v) is 4.20. The molecule has 0 aromatic carbocycles. The van der Waals surface area contributed by atoms with Crippen molar-refractivity contribution in [1.82, 2.24) is 19.7 Å². The minimum atomic E-state index is -1.02. The lowest BCUT2D eigenvalue weighted by Gasteiger charge is -2.14. The van der Waals surface area contributed by atoms with Crippen molar-refractivity contribution in [3.05, 3.63) is 47.6 Å². The summed E-state index contributed by atoms with van der Waals surface area (Å²) in [6.45, 7) is 7.39. The highest BCUT2D eigenvalue weighted by Crippen LogP contribution is 2.34. The third kappa shape index (κ3) is 3.88. The second kappa shape index (κ2) is 8.09. The van der Waals surface area contributed by atoms with Gasteiger partial charge in [0.15, 0.2) is 5.65 Å². The van der Waals surface area contributed by atoms with Crippen LogP contribution in [0.15, 0.2) is 30.7 Å². The van der Waals surface area contributed by atoms with Crippen molar-refractivity contribution < 1.29 is 14.6 Å². The summed E-state index contributed by atoms with van der Waals surface area (Å²) in [5, 5.41) is 14.4. The van der Waals surface area contributed by atoms with Gasteiger partial charge in [0.05, 0.1) is 18.5 Å². The Bertz CT molecular complexity index is 1010. The van der Waals surface area contributed by atoms with Crippen LogP contribution in [0, 0.1) is 6.92 Å². The maximum atomic E-state index is 11.1. The van der Waals surface area contributed by atoms with Gasteiger partial charge >= 0.3 is 5.97 Å². The monoisotopic (exact) mass is 366 g/mol. The predicted octanol–water partition coefficient (Wildman–Crippen LogP) is 3.46. The van der Waals surface area contributed by atoms with E-state index in [1.54, 1.807) is 24.7 Å². The average Bonchev–Trinajstić information content (AvgIpc) is 3.06. The van der Waals surface area contributed by atoms with Crippen LogP contribution in [0.5, 0.6) is 0 Å². The zero-order valence-electron chi connectivity index (χ0n) is 15.6. The van der Waals surface area contributed by atoms with Gasteiger partial charge in [0.2, 0.25) is 0 Å². The van der Waals surface area contributed by atoms with Gasteiger partial charge in [0.1, 0.15) is 0 Å². The highest BCUT2D eigenvalue weighted by molar-refractivity contribution is 5.99. The van der Waals surface area contributed by atoms with E-state index in [1.165, 1.54) is 0 Å². The maximum absolute atomic E-state index is 11.1. The van der Waals surface area contributed by atoms with Crippen molar-refractivity contribution in [2.24, 2.45) is 0 Å². The molecule has 140 valence electrons. The van der Waals surface area contributed by atoms with Crippen LogP contribution in [0.4, 0.5) is 0 Å². The second-order valence-electron chi connectivity index (χ2n) is 6.10. The Labute approximate surface area is 157 Å². The molecule has 3 heterocycles. The molecule has 0 atom stereocenters. The zero-order chi connectivity index (χ0) is 19.4. The number of pyridine rings is 2. The molecule has 0 aliphatic heterocycles. The number of aliphatic carboxylic acids is 1. The first kappa shape index (κ1) is 18.7. The average molecular weight is 366 g/mol. The van der Waals surface area contributed by atoms with E-state index in [-0.39, 0.29) is 6.61 Å². The number of aromatic nitrogens is 4. The van der Waals surface area contributed by atoms with Crippen molar-refractivity contribution in [3.8, 4) is 11.1 Å². The van der Waals surface area contributed by atoms with E-state index in [0.29, 0.717) is 24.4 Å². The van der Waals surface area contributed by atoms with Crippen molar-refractivity contribution in [2.45, 2.75) is 33.9 Å². The molecule has 7 nitrogen and oxygen atoms in total. The molecule has 27 heavy (non-hydrogen) atoms. The van der Waals surface area contributed by atoms with Crippen LogP contribution in [0.25, 0.3) is 28.2 Å². The Kier molecular flexibility index (Phi) is 5.61. The summed E-state index contributed by atoms with van der Waals surface area (Å²) in [5.41, 5.74) is 4.90. The SMILES string of the molecule is CCOCc1nc2c(cnn2CC)c(-c2cncc(C)c2)c1/C=C/C(=O)O. The summed E-state index contributed by atoms with van der Waals surface area (Å²) in [6.07, 6.45) is 8.02. The molecule has 3 rings (SSSR count). The summed E-state index contributed by atoms with van der Waals surface area (Å²) in [6, 6.07) is 2.02. The van der Waals surface area contributed by atoms with Gasteiger partial charge in [0, 0.05) is 53.7 Å². The largest absolute Gasteiger partial charge is 0.478 e. The molecule has 0 radical (unpaired) electrons. The summed E-state index contributed by atoms with van der Waals surface area (Å²) < 4.78 is 7.41. The molecule has 0 unspecified atom stereocenters. The lowest BCUT2D eigenvalue weighted by molar-refractivity contribution is -0.131. The Hall–Kier alpha value is -3.06. The number of aryl methyl sites for hydroxylation is 2. The van der Waals surface area contributed by atoms with E-state index in [4.69, 9.17) is 14.8 Å². The van der Waals surface area contributed by atoms with E-state index >= 15 is 0 Å². The predicted molar refractivity (Wildman–Crippen MR) is 103 cm³/mol. The molecule has 3 aromatic heterocycles. The van der Waals surface area contributed by atoms with Gasteiger partial charge in [-0.1, -0.05) is 0 Å². The molecule has 0 bridgehead atoms. The number of carbonyl (C=O) groups is 1. The highest BCUT2D eigenvalue weighted by Gasteiger charge is 2.18. The lowest BCUT2D eigenvalue weighted by Crippen LogP contribution is -2.05. The molecular weight excluding hydrogens is 344 g/mol. The Balaban J connectivity index is 2.37. The number of hydrogen-bond donors (Lipinski definition) is 1. The van der Waals surface area contributed by atoms with E-state index < -0.39 is 5.97 Å². The number of carboxylic acid groups (broad SMARTS) is 1. The van der Waals surface area contributed by atoms with Gasteiger partial charge in [-0.3, -0.25) is 4.98 Å². The first-order valence-corrected chi connectivity index (χ1v) is 8.84. The van der Waals surface area contributed by atoms with Crippen LogP contribution >= 0.6 is 0 Å². The van der Waals surface area contributed by atoms with Crippen LogP contribution in [0.1, 0.15) is 30.7 Å². The fraction of sp³-hybridized carbons (Fsp3) is 0.300. The third-order valence-electron chi connectivity index (χ3n) is 4.20. The molecule has 0 amide bonds. The van der Waals surface area contributed by atoms with Crippen LogP contribution in [0.3, 0.4) is 0 Å². The molecule has 0 spiro atoms. The van der Waals surface area contributed by atoms with Crippen molar-refractivity contribution in [1.29, 1.82) is 0 Å². The van der Waals surface area contributed by atoms with Gasteiger partial charge in [-0.15, -0.1) is 0 Å². The molecule has 7 heteroatoms. The molecule has 0 fully saturated rings. The Morgan fingerprint density at radius 1 is 1.30 bits per heavy atom. The van der Waals surface area contributed by atoms with Crippen molar-refractivity contribution >= 4 is 23.1 Å². The van der Waals surface area contributed by atoms with E-state index in [1.807, 2.05) is 31.5 Å². The summed E-state index contributed by atoms with van der Waals surface area (Å²) in [5.74, 6) is -1.02. The van der Waals surface area contributed by atoms with Gasteiger partial charge in [-0.05, 0) is 38.5 Å². The Morgan fingerprint density at radius 3 is 2.78 bits per heavy atom. The van der Waals surface area contributed by atoms with Gasteiger partial charge in [0.25, 0.3) is 0 Å². The number of hydrogen-bond acceptors (Lipinski definition) is 5. The highest BCUT2D eigenvalue weighted by atomic mass is 16.5. The van der Waals surface area contributed by atoms with Gasteiger partial charge < -0.3 is 9.84 Å². The lowest BCUT2D eigenvalue weighted by atomic mass is 9.96. The second-order valence-corrected chi connectivity index (χ2v) is 6.10. The fourth-order valence-electron chi connectivity index (χ4n) is 3.03. The van der Waals surface area contributed by atoms with E-state index in [9.17, 15) is 4.79 Å². The Morgan fingerprint density at radius 2 is 2.11 bits per heavy atom. The van der Waals surface area contributed by atoms with Crippen LogP contribution in [-0.4, -0.2) is 37.4 Å². The summed E-state index contributed by atoms with van der Waals surface area (Å²) >= 11 is 0. The number of ether oxygens (including phenoxy) is 1. The van der Waals surface area contributed by atoms with Crippen molar-refractivity contribution in [2.75, 3.05) is 6.61 Å². The molecule has 0 aliphatic carbocycles. The molecule has 0 aliphatic rings. The van der Waals surface area contributed by atoms with Crippen LogP contribution < -0.4 is 0 Å². The summed E-state index contributed by atoms with van der Waals surface area (Å²) in [4.78, 5) is 20.2. The molecule has 1 N–H and O–H groups in total. The molecule has 3 aromatic rings. The van der Waals surface area contributed by atoms with E-state index in [0.717, 1.165) is 33.8 Å². The number of carboxylic acids is 1. The first-order valence-electron chi connectivity index (χ1n) is 8.84. The van der Waals surface area contributed by atoms with Crippen LogP contribution in [0.2, 0.25) is 0 Å². The standard InChI is InChI=1S/C20H22N4O3/c1-4-24-20-16(11-22-24)19(14-8-13(3)9-21-10-14)15(6-7-18(25)26)17(23-20)12-27-5-2/h6-11H,4-5,12H2,1-3H3,(H,25,26)/b7-6+. The van der Waals surface area contributed by atoms with Gasteiger partial charge in [-0.2, -0.15) is 5.10 Å². The minimum absolute atomic E-state index is 0.285. The fourth-order valence-corrected chi connectivity index (χ4v) is 3.03. The smallest absolute Gasteiger partial charge is 0.328 e.